The highest BCUT2D eigenvalue weighted by molar-refractivity contribution is 14.0. The molecule has 2 aliphatic rings. The van der Waals surface area contributed by atoms with Crippen molar-refractivity contribution in [2.45, 2.75) is 52.2 Å². The number of likely N-dealkylation sites (tertiary alicyclic amines) is 1. The fourth-order valence-electron chi connectivity index (χ4n) is 3.75. The Morgan fingerprint density at radius 1 is 1.36 bits per heavy atom. The Bertz CT molecular complexity index is 728. The van der Waals surface area contributed by atoms with Crippen LogP contribution in [0.15, 0.2) is 11.3 Å². The van der Waals surface area contributed by atoms with Crippen molar-refractivity contribution in [2.75, 3.05) is 19.6 Å². The van der Waals surface area contributed by atoms with E-state index < -0.39 is 11.6 Å². The number of nitrogens with one attached hydrogen (secondary N) is 3. The van der Waals surface area contributed by atoms with E-state index in [1.54, 1.807) is 6.33 Å². The summed E-state index contributed by atoms with van der Waals surface area (Å²) in [6.45, 7) is 9.49. The number of guanidine groups is 1. The zero-order valence-corrected chi connectivity index (χ0v) is 18.9. The van der Waals surface area contributed by atoms with Gasteiger partial charge in [-0.1, -0.05) is 0 Å². The number of urea groups is 1. The van der Waals surface area contributed by atoms with Crippen LogP contribution < -0.4 is 16.0 Å². The number of carbonyl (C=O) groups is 2. The van der Waals surface area contributed by atoms with Crippen LogP contribution in [0.3, 0.4) is 0 Å². The van der Waals surface area contributed by atoms with E-state index in [2.05, 4.69) is 31.0 Å². The zero-order chi connectivity index (χ0) is 19.4. The van der Waals surface area contributed by atoms with Crippen molar-refractivity contribution in [3.63, 3.8) is 0 Å². The Labute approximate surface area is 181 Å². The quantitative estimate of drug-likeness (QED) is 0.235. The molecule has 1 aromatic rings. The first-order valence-electron chi connectivity index (χ1n) is 9.51. The van der Waals surface area contributed by atoms with Gasteiger partial charge in [-0.3, -0.25) is 10.1 Å². The summed E-state index contributed by atoms with van der Waals surface area (Å²) in [7, 11) is 0. The predicted octanol–water partition coefficient (Wildman–Crippen LogP) is 0.692. The number of carbonyl (C=O) groups excluding carboxylic acids is 2. The third kappa shape index (κ3) is 4.55. The minimum absolute atomic E-state index is 0. The summed E-state index contributed by atoms with van der Waals surface area (Å²) in [5.74, 6) is 1.55. The summed E-state index contributed by atoms with van der Waals surface area (Å²) < 4.78 is 1.97. The van der Waals surface area contributed by atoms with Crippen molar-refractivity contribution in [1.29, 1.82) is 0 Å². The molecule has 1 unspecified atom stereocenters. The summed E-state index contributed by atoms with van der Waals surface area (Å²) in [4.78, 5) is 30.6. The Morgan fingerprint density at radius 2 is 2.07 bits per heavy atom. The largest absolute Gasteiger partial charge is 0.357 e. The highest BCUT2D eigenvalue weighted by atomic mass is 127. The monoisotopic (exact) mass is 504 g/mol. The minimum Gasteiger partial charge on any atom is -0.357 e. The fourth-order valence-corrected chi connectivity index (χ4v) is 3.75. The first-order chi connectivity index (χ1) is 13.0. The van der Waals surface area contributed by atoms with E-state index in [-0.39, 0.29) is 35.8 Å². The van der Waals surface area contributed by atoms with Crippen LogP contribution in [-0.2, 0) is 17.9 Å². The maximum absolute atomic E-state index is 12.2. The van der Waals surface area contributed by atoms with Crippen molar-refractivity contribution < 1.29 is 9.59 Å². The first kappa shape index (κ1) is 22.4. The molecule has 3 amide bonds. The molecule has 3 heterocycles. The standard InChI is InChI=1S/C17H28N8O2.HI/c1-4-18-15(19-10-13-23-20-11-24(13)5-2)25-8-6-12(7-9-25)17(3)14(26)21-16(27)22-17;/h11-12H,4-10H2,1-3H3,(H,18,19)(H2,21,22,26,27);1H. The number of rotatable bonds is 5. The van der Waals surface area contributed by atoms with E-state index in [1.807, 2.05) is 25.3 Å². The van der Waals surface area contributed by atoms with Gasteiger partial charge in [-0.2, -0.15) is 0 Å². The van der Waals surface area contributed by atoms with Crippen LogP contribution in [0.5, 0.6) is 0 Å². The molecule has 1 aromatic heterocycles. The van der Waals surface area contributed by atoms with Crippen LogP contribution in [0.1, 0.15) is 39.4 Å². The van der Waals surface area contributed by atoms with Gasteiger partial charge in [0.25, 0.3) is 5.91 Å². The topological polar surface area (TPSA) is 117 Å². The van der Waals surface area contributed by atoms with Crippen molar-refractivity contribution >= 4 is 41.9 Å². The molecule has 1 atom stereocenters. The van der Waals surface area contributed by atoms with Gasteiger partial charge >= 0.3 is 6.03 Å². The van der Waals surface area contributed by atoms with E-state index >= 15 is 0 Å². The molecule has 3 N–H and O–H groups in total. The molecule has 11 heteroatoms. The smallest absolute Gasteiger partial charge is 0.322 e. The number of piperidine rings is 1. The zero-order valence-electron chi connectivity index (χ0n) is 16.6. The molecule has 28 heavy (non-hydrogen) atoms. The number of imide groups is 1. The van der Waals surface area contributed by atoms with Crippen LogP contribution in [0.2, 0.25) is 0 Å². The summed E-state index contributed by atoms with van der Waals surface area (Å²) in [5.41, 5.74) is -0.823. The maximum atomic E-state index is 12.2. The van der Waals surface area contributed by atoms with E-state index in [0.29, 0.717) is 6.54 Å². The van der Waals surface area contributed by atoms with Gasteiger partial charge in [0, 0.05) is 26.2 Å². The molecule has 3 rings (SSSR count). The van der Waals surface area contributed by atoms with Gasteiger partial charge in [0.1, 0.15) is 18.4 Å². The van der Waals surface area contributed by atoms with Crippen molar-refractivity contribution in [2.24, 2.45) is 10.9 Å². The molecule has 0 aliphatic carbocycles. The molecule has 2 saturated heterocycles. The van der Waals surface area contributed by atoms with E-state index in [9.17, 15) is 9.59 Å². The van der Waals surface area contributed by atoms with Crippen LogP contribution in [0.25, 0.3) is 0 Å². The van der Waals surface area contributed by atoms with Gasteiger partial charge in [-0.25, -0.2) is 9.79 Å². The van der Waals surface area contributed by atoms with Crippen LogP contribution in [-0.4, -0.2) is 62.7 Å². The number of halogens is 1. The molecule has 0 saturated carbocycles. The van der Waals surface area contributed by atoms with E-state index in [4.69, 9.17) is 4.99 Å². The SMILES string of the molecule is CCNC(=NCc1nncn1CC)N1CCC(C2(C)NC(=O)NC2=O)CC1.I. The van der Waals surface area contributed by atoms with Crippen LogP contribution >= 0.6 is 24.0 Å². The lowest BCUT2D eigenvalue weighted by molar-refractivity contribution is -0.125. The highest BCUT2D eigenvalue weighted by Crippen LogP contribution is 2.30. The molecular weight excluding hydrogens is 475 g/mol. The summed E-state index contributed by atoms with van der Waals surface area (Å²) >= 11 is 0. The Hall–Kier alpha value is -1.92. The van der Waals surface area contributed by atoms with Crippen molar-refractivity contribution in [1.82, 2.24) is 35.6 Å². The van der Waals surface area contributed by atoms with Gasteiger partial charge in [-0.05, 0) is 39.5 Å². The van der Waals surface area contributed by atoms with Crippen LogP contribution in [0, 0.1) is 5.92 Å². The second-order valence-corrected chi connectivity index (χ2v) is 7.08. The van der Waals surface area contributed by atoms with Gasteiger partial charge in [0.2, 0.25) is 0 Å². The summed E-state index contributed by atoms with van der Waals surface area (Å²) in [6, 6.07) is -0.403. The van der Waals surface area contributed by atoms with Gasteiger partial charge in [0.05, 0.1) is 0 Å². The molecule has 0 spiro atoms. The summed E-state index contributed by atoms with van der Waals surface area (Å²) in [6.07, 6.45) is 3.32. The fraction of sp³-hybridized carbons (Fsp3) is 0.706. The van der Waals surface area contributed by atoms with Gasteiger partial charge in [-0.15, -0.1) is 34.2 Å². The second kappa shape index (κ2) is 9.52. The Kier molecular flexibility index (Phi) is 7.61. The van der Waals surface area contributed by atoms with Gasteiger partial charge < -0.3 is 20.1 Å². The van der Waals surface area contributed by atoms with Crippen molar-refractivity contribution in [3.8, 4) is 0 Å². The highest BCUT2D eigenvalue weighted by Gasteiger charge is 2.48. The number of aliphatic imine (C=N–C) groups is 1. The Balaban J connectivity index is 0.00000280. The average Bonchev–Trinajstić information content (AvgIpc) is 3.22. The average molecular weight is 504 g/mol. The lowest BCUT2D eigenvalue weighted by Crippen LogP contribution is -2.55. The number of nitrogens with zero attached hydrogens (tertiary/aromatic N) is 5. The third-order valence-corrected chi connectivity index (χ3v) is 5.42. The predicted molar refractivity (Wildman–Crippen MR) is 115 cm³/mol. The number of aryl methyl sites for hydroxylation is 1. The van der Waals surface area contributed by atoms with Crippen LogP contribution in [0.4, 0.5) is 4.79 Å². The normalized spacial score (nSPS) is 23.2. The lowest BCUT2D eigenvalue weighted by Gasteiger charge is -2.39. The molecule has 10 nitrogen and oxygen atoms in total. The maximum Gasteiger partial charge on any atom is 0.322 e. The van der Waals surface area contributed by atoms with E-state index in [0.717, 1.165) is 50.8 Å². The Morgan fingerprint density at radius 3 is 2.64 bits per heavy atom. The number of hydrogen-bond acceptors (Lipinski definition) is 5. The number of hydrogen-bond donors (Lipinski definition) is 3. The van der Waals surface area contributed by atoms with Gasteiger partial charge in [0.15, 0.2) is 11.8 Å². The minimum atomic E-state index is -0.823. The summed E-state index contributed by atoms with van der Waals surface area (Å²) in [5, 5.41) is 16.5. The molecular formula is C17H29IN8O2. The second-order valence-electron chi connectivity index (χ2n) is 7.08. The molecule has 0 aromatic carbocycles. The molecule has 156 valence electrons. The number of amides is 3. The molecule has 2 fully saturated rings. The molecule has 0 bridgehead atoms. The molecule has 0 radical (unpaired) electrons. The number of aromatic nitrogens is 3. The van der Waals surface area contributed by atoms with Crippen molar-refractivity contribution in [3.05, 3.63) is 12.2 Å². The first-order valence-corrected chi connectivity index (χ1v) is 9.51. The lowest BCUT2D eigenvalue weighted by atomic mass is 9.79. The molecule has 2 aliphatic heterocycles. The third-order valence-electron chi connectivity index (χ3n) is 5.42. The van der Waals surface area contributed by atoms with E-state index in [1.165, 1.54) is 0 Å².